The standard InChI is InChI=1S/C24H18ClN5O3/c25-20-12-5-4-11-19(20)22-14-21(16-7-2-1-3-8-16)28(24-26-15-27-29(22)24)23(31)17-9-6-10-18(13-17)30(32)33/h1-13,15,21-22H,14H2/t21-,22-/m1/s1. The molecule has 0 N–H and O–H groups in total. The Labute approximate surface area is 194 Å². The van der Waals surface area contributed by atoms with Crippen molar-refractivity contribution < 1.29 is 9.72 Å². The molecule has 0 aliphatic carbocycles. The fourth-order valence-electron chi connectivity index (χ4n) is 4.28. The van der Waals surface area contributed by atoms with Crippen LogP contribution >= 0.6 is 11.6 Å². The molecule has 164 valence electrons. The first-order valence-corrected chi connectivity index (χ1v) is 10.7. The van der Waals surface area contributed by atoms with Crippen molar-refractivity contribution >= 4 is 29.1 Å². The number of hydrogen-bond acceptors (Lipinski definition) is 5. The lowest BCUT2D eigenvalue weighted by Gasteiger charge is -2.39. The van der Waals surface area contributed by atoms with E-state index in [4.69, 9.17) is 11.6 Å². The molecular weight excluding hydrogens is 442 g/mol. The van der Waals surface area contributed by atoms with E-state index in [2.05, 4.69) is 10.1 Å². The molecule has 1 aromatic heterocycles. The predicted octanol–water partition coefficient (Wildman–Crippen LogP) is 5.22. The van der Waals surface area contributed by atoms with Crippen molar-refractivity contribution in [1.82, 2.24) is 14.8 Å². The zero-order chi connectivity index (χ0) is 22.9. The molecule has 0 spiro atoms. The maximum absolute atomic E-state index is 13.7. The van der Waals surface area contributed by atoms with Gasteiger partial charge in [0.1, 0.15) is 6.33 Å². The van der Waals surface area contributed by atoms with Crippen molar-refractivity contribution in [1.29, 1.82) is 0 Å². The molecule has 1 aliphatic rings. The zero-order valence-corrected chi connectivity index (χ0v) is 18.0. The van der Waals surface area contributed by atoms with E-state index in [1.165, 1.54) is 24.5 Å². The Balaban J connectivity index is 1.66. The molecule has 0 fully saturated rings. The SMILES string of the molecule is O=C(c1cccc([N+](=O)[O-])c1)N1c2ncnn2[C@@H](c2ccccc2Cl)C[C@@H]1c1ccccc1. The smallest absolute Gasteiger partial charge is 0.269 e. The Morgan fingerprint density at radius 1 is 1.00 bits per heavy atom. The van der Waals surface area contributed by atoms with Crippen molar-refractivity contribution in [3.05, 3.63) is 117 Å². The number of amides is 1. The van der Waals surface area contributed by atoms with E-state index in [9.17, 15) is 14.9 Å². The van der Waals surface area contributed by atoms with Gasteiger partial charge in [-0.3, -0.25) is 19.8 Å². The summed E-state index contributed by atoms with van der Waals surface area (Å²) in [7, 11) is 0. The lowest BCUT2D eigenvalue weighted by atomic mass is 9.91. The van der Waals surface area contributed by atoms with Crippen molar-refractivity contribution in [2.75, 3.05) is 4.90 Å². The largest absolute Gasteiger partial charge is 0.270 e. The van der Waals surface area contributed by atoms with E-state index >= 15 is 0 Å². The maximum atomic E-state index is 13.7. The molecular formula is C24H18ClN5O3. The van der Waals surface area contributed by atoms with Gasteiger partial charge in [-0.1, -0.05) is 66.2 Å². The summed E-state index contributed by atoms with van der Waals surface area (Å²) >= 11 is 6.52. The Morgan fingerprint density at radius 2 is 1.76 bits per heavy atom. The van der Waals surface area contributed by atoms with Crippen LogP contribution in [-0.2, 0) is 0 Å². The predicted molar refractivity (Wildman–Crippen MR) is 123 cm³/mol. The molecule has 4 aromatic rings. The number of fused-ring (bicyclic) bond motifs is 1. The summed E-state index contributed by atoms with van der Waals surface area (Å²) in [5.74, 6) is -0.0315. The van der Waals surface area contributed by atoms with Gasteiger partial charge in [-0.2, -0.15) is 10.1 Å². The fraction of sp³-hybridized carbons (Fsp3) is 0.125. The number of carbonyl (C=O) groups is 1. The van der Waals surface area contributed by atoms with Gasteiger partial charge in [-0.15, -0.1) is 0 Å². The molecule has 5 rings (SSSR count). The molecule has 0 unspecified atom stereocenters. The number of carbonyl (C=O) groups excluding carboxylic acids is 1. The highest BCUT2D eigenvalue weighted by Crippen LogP contribution is 2.43. The third-order valence-electron chi connectivity index (χ3n) is 5.79. The maximum Gasteiger partial charge on any atom is 0.270 e. The molecule has 9 heteroatoms. The number of nitro benzene ring substituents is 1. The lowest BCUT2D eigenvalue weighted by molar-refractivity contribution is -0.384. The second-order valence-corrected chi connectivity index (χ2v) is 8.09. The summed E-state index contributed by atoms with van der Waals surface area (Å²) in [6.45, 7) is 0. The number of aromatic nitrogens is 3. The molecule has 0 saturated heterocycles. The summed E-state index contributed by atoms with van der Waals surface area (Å²) in [6.07, 6.45) is 1.91. The highest BCUT2D eigenvalue weighted by molar-refractivity contribution is 6.31. The topological polar surface area (TPSA) is 94.2 Å². The molecule has 0 radical (unpaired) electrons. The van der Waals surface area contributed by atoms with E-state index in [0.717, 1.165) is 11.1 Å². The number of nitrogens with zero attached hydrogens (tertiary/aromatic N) is 5. The number of hydrogen-bond donors (Lipinski definition) is 0. The van der Waals surface area contributed by atoms with E-state index in [1.807, 2.05) is 54.6 Å². The van der Waals surface area contributed by atoms with Crippen LogP contribution in [0.15, 0.2) is 85.2 Å². The molecule has 1 amide bonds. The number of nitro groups is 1. The van der Waals surface area contributed by atoms with Crippen molar-refractivity contribution in [3.63, 3.8) is 0 Å². The van der Waals surface area contributed by atoms with Gasteiger partial charge in [0.2, 0.25) is 5.95 Å². The second-order valence-electron chi connectivity index (χ2n) is 7.69. The molecule has 1 aliphatic heterocycles. The van der Waals surface area contributed by atoms with Gasteiger partial charge in [-0.05, 0) is 29.7 Å². The molecule has 2 heterocycles. The number of rotatable bonds is 4. The van der Waals surface area contributed by atoms with Crippen LogP contribution in [0, 0.1) is 10.1 Å². The average molecular weight is 460 g/mol. The van der Waals surface area contributed by atoms with Crippen LogP contribution in [0.3, 0.4) is 0 Å². The minimum absolute atomic E-state index is 0.149. The minimum Gasteiger partial charge on any atom is -0.269 e. The van der Waals surface area contributed by atoms with Crippen LogP contribution in [0.25, 0.3) is 0 Å². The Hall–Kier alpha value is -4.04. The van der Waals surface area contributed by atoms with Gasteiger partial charge in [0.05, 0.1) is 17.0 Å². The number of non-ortho nitro benzene ring substituents is 1. The lowest BCUT2D eigenvalue weighted by Crippen LogP contribution is -2.42. The first-order chi connectivity index (χ1) is 16.0. The highest BCUT2D eigenvalue weighted by atomic mass is 35.5. The van der Waals surface area contributed by atoms with Crippen LogP contribution in [0.2, 0.25) is 5.02 Å². The van der Waals surface area contributed by atoms with Crippen LogP contribution in [0.4, 0.5) is 11.6 Å². The summed E-state index contributed by atoms with van der Waals surface area (Å²) < 4.78 is 1.69. The summed E-state index contributed by atoms with van der Waals surface area (Å²) in [5, 5.41) is 16.3. The molecule has 0 saturated carbocycles. The van der Waals surface area contributed by atoms with Crippen molar-refractivity contribution in [2.45, 2.75) is 18.5 Å². The van der Waals surface area contributed by atoms with Crippen LogP contribution in [0.5, 0.6) is 0 Å². The van der Waals surface area contributed by atoms with Gasteiger partial charge in [-0.25, -0.2) is 4.68 Å². The molecule has 33 heavy (non-hydrogen) atoms. The average Bonchev–Trinajstić information content (AvgIpc) is 3.33. The van der Waals surface area contributed by atoms with Gasteiger partial charge in [0.25, 0.3) is 11.6 Å². The Morgan fingerprint density at radius 3 is 2.52 bits per heavy atom. The first kappa shape index (κ1) is 20.8. The van der Waals surface area contributed by atoms with Gasteiger partial charge < -0.3 is 0 Å². The molecule has 8 nitrogen and oxygen atoms in total. The zero-order valence-electron chi connectivity index (χ0n) is 17.3. The summed E-state index contributed by atoms with van der Waals surface area (Å²) in [5.41, 5.74) is 1.86. The summed E-state index contributed by atoms with van der Waals surface area (Å²) in [4.78, 5) is 30.4. The number of benzene rings is 3. The van der Waals surface area contributed by atoms with Gasteiger partial charge >= 0.3 is 0 Å². The van der Waals surface area contributed by atoms with Gasteiger partial charge in [0.15, 0.2) is 0 Å². The number of halogens is 1. The number of anilines is 1. The highest BCUT2D eigenvalue weighted by Gasteiger charge is 2.40. The monoisotopic (exact) mass is 459 g/mol. The van der Waals surface area contributed by atoms with Gasteiger partial charge in [0, 0.05) is 22.7 Å². The summed E-state index contributed by atoms with van der Waals surface area (Å²) in [6, 6.07) is 22.3. The third kappa shape index (κ3) is 3.74. The van der Waals surface area contributed by atoms with E-state index in [1.54, 1.807) is 15.6 Å². The van der Waals surface area contributed by atoms with Crippen LogP contribution in [0.1, 0.15) is 40.0 Å². The van der Waals surface area contributed by atoms with E-state index < -0.39 is 4.92 Å². The van der Waals surface area contributed by atoms with Crippen LogP contribution in [-0.4, -0.2) is 25.6 Å². The molecule has 3 aromatic carbocycles. The van der Waals surface area contributed by atoms with Crippen molar-refractivity contribution in [3.8, 4) is 0 Å². The third-order valence-corrected chi connectivity index (χ3v) is 6.14. The van der Waals surface area contributed by atoms with E-state index in [-0.39, 0.29) is 29.2 Å². The first-order valence-electron chi connectivity index (χ1n) is 10.3. The van der Waals surface area contributed by atoms with Crippen LogP contribution < -0.4 is 4.90 Å². The quantitative estimate of drug-likeness (QED) is 0.308. The Kier molecular flexibility index (Phi) is 5.35. The normalized spacial score (nSPS) is 17.4. The molecule has 2 atom stereocenters. The molecule has 0 bridgehead atoms. The minimum atomic E-state index is -0.516. The second kappa shape index (κ2) is 8.48. The Bertz CT molecular complexity index is 1340. The fourth-order valence-corrected chi connectivity index (χ4v) is 4.54. The van der Waals surface area contributed by atoms with E-state index in [0.29, 0.717) is 17.4 Å². The van der Waals surface area contributed by atoms with Crippen molar-refractivity contribution in [2.24, 2.45) is 0 Å².